The van der Waals surface area contributed by atoms with Gasteiger partial charge in [-0.25, -0.2) is 9.59 Å². The number of amides is 2. The zero-order chi connectivity index (χ0) is 35.7. The van der Waals surface area contributed by atoms with Crippen LogP contribution in [0.1, 0.15) is 79.7 Å². The highest BCUT2D eigenvalue weighted by Gasteiger charge is 2.51. The Kier molecular flexibility index (Phi) is 14.1. The minimum Gasteiger partial charge on any atom is -0.497 e. The summed E-state index contributed by atoms with van der Waals surface area (Å²) in [7, 11) is -0.515. The molecule has 1 heterocycles. The van der Waals surface area contributed by atoms with Crippen molar-refractivity contribution in [3.63, 3.8) is 0 Å². The van der Waals surface area contributed by atoms with E-state index in [0.717, 1.165) is 29.7 Å². The van der Waals surface area contributed by atoms with E-state index in [2.05, 4.69) is 39.2 Å². The zero-order valence-electron chi connectivity index (χ0n) is 31.0. The van der Waals surface area contributed by atoms with E-state index in [1.807, 2.05) is 45.0 Å². The number of carbonyl (C=O) groups excluding carboxylic acids is 3. The summed E-state index contributed by atoms with van der Waals surface area (Å²) in [6.07, 6.45) is 3.79. The average Bonchev–Trinajstić information content (AvgIpc) is 2.99. The molecule has 1 aromatic rings. The van der Waals surface area contributed by atoms with Gasteiger partial charge in [-0.15, -0.1) is 0 Å². The van der Waals surface area contributed by atoms with Gasteiger partial charge in [0.05, 0.1) is 26.4 Å². The number of hydrogen-bond acceptors (Lipinski definition) is 8. The minimum absolute atomic E-state index is 0.0135. The van der Waals surface area contributed by atoms with E-state index >= 15 is 0 Å². The van der Waals surface area contributed by atoms with Gasteiger partial charge in [0.2, 0.25) is 5.91 Å². The number of fused-ring (bicyclic) bond motifs is 2. The Morgan fingerprint density at radius 1 is 1.04 bits per heavy atom. The lowest BCUT2D eigenvalue weighted by molar-refractivity contribution is -0.138. The van der Waals surface area contributed by atoms with E-state index in [-0.39, 0.29) is 35.3 Å². The normalized spacial score (nSPS) is 22.3. The molecule has 3 rings (SSSR count). The first-order valence-electron chi connectivity index (χ1n) is 17.5. The van der Waals surface area contributed by atoms with Crippen LogP contribution in [0.15, 0.2) is 35.9 Å². The van der Waals surface area contributed by atoms with Crippen LogP contribution in [0.5, 0.6) is 5.75 Å². The summed E-state index contributed by atoms with van der Waals surface area (Å²) in [5.41, 5.74) is 1.16. The van der Waals surface area contributed by atoms with Crippen LogP contribution >= 0.6 is 0 Å². The molecular weight excluding hydrogens is 628 g/mol. The summed E-state index contributed by atoms with van der Waals surface area (Å²) in [5, 5.41) is 3.16. The number of esters is 1. The van der Waals surface area contributed by atoms with Crippen LogP contribution in [-0.2, 0) is 34.8 Å². The van der Waals surface area contributed by atoms with Gasteiger partial charge in [-0.2, -0.15) is 0 Å². The molecule has 4 atom stereocenters. The third-order valence-electron chi connectivity index (χ3n) is 9.72. The van der Waals surface area contributed by atoms with Crippen LogP contribution < -0.4 is 10.1 Å². The third-order valence-corrected chi connectivity index (χ3v) is 14.2. The molecule has 0 spiro atoms. The molecule has 0 aromatic heterocycles. The van der Waals surface area contributed by atoms with Crippen molar-refractivity contribution in [2.75, 3.05) is 40.0 Å². The highest BCUT2D eigenvalue weighted by molar-refractivity contribution is 6.74. The lowest BCUT2D eigenvalue weighted by atomic mass is 9.64. The van der Waals surface area contributed by atoms with Crippen molar-refractivity contribution in [3.8, 4) is 5.75 Å². The van der Waals surface area contributed by atoms with Crippen molar-refractivity contribution >= 4 is 26.3 Å². The first-order valence-corrected chi connectivity index (χ1v) is 20.4. The second-order valence-corrected chi connectivity index (χ2v) is 20.3. The summed E-state index contributed by atoms with van der Waals surface area (Å²) < 4.78 is 28.9. The van der Waals surface area contributed by atoms with Crippen LogP contribution in [0.3, 0.4) is 0 Å². The van der Waals surface area contributed by atoms with E-state index in [4.69, 9.17) is 23.4 Å². The molecule has 1 saturated heterocycles. The SMILES string of the molecule is CCOC(=O)/C=C1/[C@@H]2CCN(C(=O)OC(C)(C)C)[C@@H]1[C@H](CO[Si](C)(C)C(C)(C)C)CC2C(=O)NCCCCOCc1ccc(OC)cc1. The predicted molar refractivity (Wildman–Crippen MR) is 189 cm³/mol. The van der Waals surface area contributed by atoms with Gasteiger partial charge in [0.15, 0.2) is 8.32 Å². The largest absolute Gasteiger partial charge is 0.497 e. The summed E-state index contributed by atoms with van der Waals surface area (Å²) >= 11 is 0. The van der Waals surface area contributed by atoms with Crippen LogP contribution in [0.4, 0.5) is 4.79 Å². The molecule has 48 heavy (non-hydrogen) atoms. The second-order valence-electron chi connectivity index (χ2n) is 15.5. The number of methoxy groups -OCH3 is 1. The van der Waals surface area contributed by atoms with Crippen LogP contribution in [-0.4, -0.2) is 82.8 Å². The molecule has 1 aliphatic heterocycles. The second kappa shape index (κ2) is 17.2. The first-order chi connectivity index (χ1) is 22.5. The minimum atomic E-state index is -2.16. The zero-order valence-corrected chi connectivity index (χ0v) is 32.0. The van der Waals surface area contributed by atoms with Gasteiger partial charge in [-0.1, -0.05) is 32.9 Å². The molecular formula is C37H60N2O8Si. The first kappa shape index (κ1) is 39.5. The van der Waals surface area contributed by atoms with Gasteiger partial charge in [-0.05, 0) is 101 Å². The van der Waals surface area contributed by atoms with Gasteiger partial charge in [-0.3, -0.25) is 4.79 Å². The number of ether oxygens (including phenoxy) is 4. The van der Waals surface area contributed by atoms with E-state index in [1.54, 1.807) is 18.9 Å². The van der Waals surface area contributed by atoms with Gasteiger partial charge in [0.1, 0.15) is 11.4 Å². The average molecular weight is 689 g/mol. The standard InChI is InChI=1S/C37H60N2O8Si/c1-11-45-32(40)23-30-29-18-20-39(35(42)47-36(2,3)4)33(30)27(25-46-48(9,10)37(5,6)7)22-31(29)34(41)38-19-12-13-21-44-24-26-14-16-28(43-8)17-15-26/h14-17,23,27,29,31,33H,11-13,18-22,24-25H2,1-10H3,(H,38,41)/b30-23-/t27-,29-,31?,33+/m0/s1. The van der Waals surface area contributed by atoms with Crippen LogP contribution in [0.2, 0.25) is 18.1 Å². The fraction of sp³-hybridized carbons (Fsp3) is 0.703. The van der Waals surface area contributed by atoms with Crippen molar-refractivity contribution in [2.45, 2.75) is 111 Å². The molecule has 2 fully saturated rings. The number of piperidine rings is 1. The maximum absolute atomic E-state index is 13.9. The van der Waals surface area contributed by atoms with Crippen molar-refractivity contribution < 1.29 is 37.8 Å². The molecule has 1 unspecified atom stereocenters. The molecule has 1 aliphatic carbocycles. The molecule has 10 nitrogen and oxygen atoms in total. The topological polar surface area (TPSA) is 113 Å². The van der Waals surface area contributed by atoms with Gasteiger partial charge < -0.3 is 33.6 Å². The number of benzene rings is 1. The smallest absolute Gasteiger partial charge is 0.410 e. The Labute approximate surface area is 289 Å². The summed E-state index contributed by atoms with van der Waals surface area (Å²) in [4.78, 5) is 42.1. The fourth-order valence-corrected chi connectivity index (χ4v) is 7.23. The summed E-state index contributed by atoms with van der Waals surface area (Å²) in [6.45, 7) is 21.0. The van der Waals surface area contributed by atoms with Crippen molar-refractivity contribution in [2.24, 2.45) is 17.8 Å². The van der Waals surface area contributed by atoms with Crippen LogP contribution in [0.25, 0.3) is 0 Å². The van der Waals surface area contributed by atoms with Gasteiger partial charge in [0.25, 0.3) is 0 Å². The van der Waals surface area contributed by atoms with Gasteiger partial charge >= 0.3 is 12.1 Å². The molecule has 1 N–H and O–H groups in total. The molecule has 11 heteroatoms. The Balaban J connectivity index is 1.75. The third kappa shape index (κ3) is 11.1. The van der Waals surface area contributed by atoms with Crippen molar-refractivity contribution in [1.29, 1.82) is 0 Å². The van der Waals surface area contributed by atoms with E-state index in [9.17, 15) is 14.4 Å². The maximum Gasteiger partial charge on any atom is 0.410 e. The predicted octanol–water partition coefficient (Wildman–Crippen LogP) is 6.88. The molecule has 0 radical (unpaired) electrons. The lowest BCUT2D eigenvalue weighted by Crippen LogP contribution is -2.59. The molecule has 2 amide bonds. The van der Waals surface area contributed by atoms with E-state index in [1.165, 1.54) is 6.08 Å². The molecule has 1 saturated carbocycles. The Morgan fingerprint density at radius 3 is 2.33 bits per heavy atom. The number of carbonyl (C=O) groups is 3. The highest BCUT2D eigenvalue weighted by Crippen LogP contribution is 2.47. The molecule has 2 bridgehead atoms. The Morgan fingerprint density at radius 2 is 1.73 bits per heavy atom. The number of nitrogens with one attached hydrogen (secondary N) is 1. The quantitative estimate of drug-likeness (QED) is 0.0975. The molecule has 270 valence electrons. The number of nitrogens with zero attached hydrogens (tertiary/aromatic N) is 1. The maximum atomic E-state index is 13.9. The van der Waals surface area contributed by atoms with Crippen molar-refractivity contribution in [1.82, 2.24) is 10.2 Å². The van der Waals surface area contributed by atoms with Crippen molar-refractivity contribution in [3.05, 3.63) is 41.5 Å². The van der Waals surface area contributed by atoms with Crippen LogP contribution in [0, 0.1) is 17.8 Å². The highest BCUT2D eigenvalue weighted by atomic mass is 28.4. The number of hydrogen-bond donors (Lipinski definition) is 1. The number of rotatable bonds is 14. The summed E-state index contributed by atoms with van der Waals surface area (Å²) in [5.74, 6) is -0.443. The monoisotopic (exact) mass is 688 g/mol. The van der Waals surface area contributed by atoms with E-state index < -0.39 is 32.0 Å². The number of likely N-dealkylation sites (tertiary alicyclic amines) is 1. The Bertz CT molecular complexity index is 1250. The summed E-state index contributed by atoms with van der Waals surface area (Å²) in [6, 6.07) is 7.38. The Hall–Kier alpha value is -2.89. The molecule has 1 aromatic carbocycles. The number of unbranched alkanes of at least 4 members (excludes halogenated alkanes) is 1. The molecule has 2 aliphatic rings. The van der Waals surface area contributed by atoms with Gasteiger partial charge in [0, 0.05) is 44.2 Å². The lowest BCUT2D eigenvalue weighted by Gasteiger charge is -2.52. The fourth-order valence-electron chi connectivity index (χ4n) is 6.16. The van der Waals surface area contributed by atoms with E-state index in [0.29, 0.717) is 45.8 Å².